The van der Waals surface area contributed by atoms with Crippen LogP contribution in [0.5, 0.6) is 0 Å². The average Bonchev–Trinajstić information content (AvgIpc) is 2.22. The lowest BCUT2D eigenvalue weighted by Crippen LogP contribution is -2.47. The summed E-state index contributed by atoms with van der Waals surface area (Å²) in [7, 11) is 2.82. The van der Waals surface area contributed by atoms with Crippen LogP contribution < -0.4 is 0 Å². The Morgan fingerprint density at radius 2 is 1.80 bits per heavy atom. The van der Waals surface area contributed by atoms with Crippen molar-refractivity contribution in [1.82, 2.24) is 0 Å². The molecule has 0 saturated heterocycles. The number of rotatable bonds is 4. The third-order valence-corrected chi connectivity index (χ3v) is 3.01. The predicted octanol–water partition coefficient (Wildman–Crippen LogP) is 0.819. The Labute approximate surface area is 88.4 Å². The third-order valence-electron chi connectivity index (χ3n) is 3.01. The minimum Gasteiger partial charge on any atom is -0.481 e. The molecule has 86 valence electrons. The van der Waals surface area contributed by atoms with Crippen LogP contribution in [0.15, 0.2) is 0 Å². The fourth-order valence-electron chi connectivity index (χ4n) is 2.07. The second kappa shape index (κ2) is 4.72. The molecule has 0 radical (unpaired) electrons. The number of carbonyl (C=O) groups excluding carboxylic acids is 1. The van der Waals surface area contributed by atoms with Crippen LogP contribution in [-0.2, 0) is 19.1 Å². The first-order valence-corrected chi connectivity index (χ1v) is 4.87. The zero-order chi connectivity index (χ0) is 11.5. The summed E-state index contributed by atoms with van der Waals surface area (Å²) >= 11 is 0. The first-order valence-electron chi connectivity index (χ1n) is 4.87. The monoisotopic (exact) mass is 216 g/mol. The van der Waals surface area contributed by atoms with Gasteiger partial charge in [-0.3, -0.25) is 9.59 Å². The van der Waals surface area contributed by atoms with Crippen molar-refractivity contribution >= 4 is 11.8 Å². The Morgan fingerprint density at radius 3 is 2.13 bits per heavy atom. The van der Waals surface area contributed by atoms with Gasteiger partial charge in [0, 0.05) is 27.1 Å². The van der Waals surface area contributed by atoms with Crippen molar-refractivity contribution in [2.24, 2.45) is 5.41 Å². The molecule has 1 fully saturated rings. The largest absolute Gasteiger partial charge is 0.481 e. The minimum atomic E-state index is -1.07. The fourth-order valence-corrected chi connectivity index (χ4v) is 2.07. The Bertz CT molecular complexity index is 247. The molecule has 0 spiro atoms. The van der Waals surface area contributed by atoms with Crippen LogP contribution in [0.2, 0.25) is 0 Å². The van der Waals surface area contributed by atoms with Crippen molar-refractivity contribution < 1.29 is 24.2 Å². The number of carboxylic acid groups (broad SMARTS) is 1. The number of carbonyl (C=O) groups is 2. The number of Topliss-reactive ketones (excluding diaryl/α,β-unsaturated/α-hetero) is 1. The lowest BCUT2D eigenvalue weighted by molar-refractivity contribution is -0.205. The summed E-state index contributed by atoms with van der Waals surface area (Å²) < 4.78 is 10.0. The predicted molar refractivity (Wildman–Crippen MR) is 51.3 cm³/mol. The molecule has 5 nitrogen and oxygen atoms in total. The van der Waals surface area contributed by atoms with Gasteiger partial charge in [0.15, 0.2) is 6.29 Å². The van der Waals surface area contributed by atoms with Gasteiger partial charge in [-0.05, 0) is 12.8 Å². The number of ketones is 1. The molecule has 1 N–H and O–H groups in total. The highest BCUT2D eigenvalue weighted by atomic mass is 16.7. The molecule has 5 heteroatoms. The molecule has 0 aromatic carbocycles. The molecule has 0 aliphatic heterocycles. The van der Waals surface area contributed by atoms with E-state index in [1.807, 2.05) is 0 Å². The second-order valence-electron chi connectivity index (χ2n) is 3.80. The lowest BCUT2D eigenvalue weighted by Gasteiger charge is -2.37. The molecular weight excluding hydrogens is 200 g/mol. The molecule has 0 unspecified atom stereocenters. The highest BCUT2D eigenvalue weighted by Crippen LogP contribution is 2.39. The molecule has 0 amide bonds. The highest BCUT2D eigenvalue weighted by Gasteiger charge is 2.49. The van der Waals surface area contributed by atoms with Crippen molar-refractivity contribution in [3.63, 3.8) is 0 Å². The second-order valence-corrected chi connectivity index (χ2v) is 3.80. The van der Waals surface area contributed by atoms with E-state index in [2.05, 4.69) is 0 Å². The SMILES string of the molecule is COC(OC)C1(C(=O)O)CCC(=O)CC1. The van der Waals surface area contributed by atoms with Crippen LogP contribution in [0.25, 0.3) is 0 Å². The van der Waals surface area contributed by atoms with Crippen LogP contribution in [0.1, 0.15) is 25.7 Å². The molecule has 1 aliphatic carbocycles. The summed E-state index contributed by atoms with van der Waals surface area (Å²) in [5.41, 5.74) is -1.07. The Hall–Kier alpha value is -0.940. The molecule has 1 rings (SSSR count). The van der Waals surface area contributed by atoms with Crippen LogP contribution in [0, 0.1) is 5.41 Å². The summed E-state index contributed by atoms with van der Waals surface area (Å²) in [5.74, 6) is -0.846. The molecule has 0 heterocycles. The zero-order valence-electron chi connectivity index (χ0n) is 8.99. The summed E-state index contributed by atoms with van der Waals surface area (Å²) in [6, 6.07) is 0. The van der Waals surface area contributed by atoms with Gasteiger partial charge in [0.1, 0.15) is 11.2 Å². The van der Waals surface area contributed by atoms with E-state index in [1.165, 1.54) is 14.2 Å². The van der Waals surface area contributed by atoms with E-state index in [9.17, 15) is 14.7 Å². The summed E-state index contributed by atoms with van der Waals surface area (Å²) in [5, 5.41) is 9.24. The first-order chi connectivity index (χ1) is 7.06. The Kier molecular flexibility index (Phi) is 3.82. The Balaban J connectivity index is 2.88. The van der Waals surface area contributed by atoms with Crippen LogP contribution in [0.3, 0.4) is 0 Å². The van der Waals surface area contributed by atoms with E-state index in [-0.39, 0.29) is 31.5 Å². The minimum absolute atomic E-state index is 0.109. The molecular formula is C10H16O5. The topological polar surface area (TPSA) is 72.8 Å². The van der Waals surface area contributed by atoms with E-state index in [0.29, 0.717) is 0 Å². The van der Waals surface area contributed by atoms with E-state index >= 15 is 0 Å². The normalized spacial score (nSPS) is 20.6. The fraction of sp³-hybridized carbons (Fsp3) is 0.800. The van der Waals surface area contributed by atoms with Gasteiger partial charge < -0.3 is 14.6 Å². The number of hydrogen-bond acceptors (Lipinski definition) is 4. The first kappa shape index (κ1) is 12.1. The average molecular weight is 216 g/mol. The van der Waals surface area contributed by atoms with Crippen molar-refractivity contribution in [2.45, 2.75) is 32.0 Å². The summed E-state index contributed by atoms with van der Waals surface area (Å²) in [6.45, 7) is 0. The van der Waals surface area contributed by atoms with Crippen LogP contribution in [0.4, 0.5) is 0 Å². The molecule has 15 heavy (non-hydrogen) atoms. The van der Waals surface area contributed by atoms with Gasteiger partial charge >= 0.3 is 5.97 Å². The van der Waals surface area contributed by atoms with Crippen molar-refractivity contribution in [2.75, 3.05) is 14.2 Å². The maximum absolute atomic E-state index is 11.3. The van der Waals surface area contributed by atoms with Crippen molar-refractivity contribution in [3.8, 4) is 0 Å². The Morgan fingerprint density at radius 1 is 1.33 bits per heavy atom. The van der Waals surface area contributed by atoms with Crippen molar-refractivity contribution in [1.29, 1.82) is 0 Å². The third kappa shape index (κ3) is 2.18. The van der Waals surface area contributed by atoms with Gasteiger partial charge in [-0.2, -0.15) is 0 Å². The van der Waals surface area contributed by atoms with Crippen molar-refractivity contribution in [3.05, 3.63) is 0 Å². The number of carboxylic acids is 1. The summed E-state index contributed by atoms with van der Waals surface area (Å²) in [6.07, 6.45) is 0.356. The van der Waals surface area contributed by atoms with Crippen LogP contribution in [-0.4, -0.2) is 37.4 Å². The highest BCUT2D eigenvalue weighted by molar-refractivity contribution is 5.84. The number of methoxy groups -OCH3 is 2. The van der Waals surface area contributed by atoms with E-state index in [0.717, 1.165) is 0 Å². The van der Waals surface area contributed by atoms with Gasteiger partial charge in [-0.15, -0.1) is 0 Å². The molecule has 0 atom stereocenters. The molecule has 1 saturated carbocycles. The van der Waals surface area contributed by atoms with E-state index < -0.39 is 17.7 Å². The number of aliphatic carboxylic acids is 1. The molecule has 0 aromatic heterocycles. The quantitative estimate of drug-likeness (QED) is 0.704. The lowest BCUT2D eigenvalue weighted by atomic mass is 9.73. The molecule has 0 bridgehead atoms. The standard InChI is InChI=1S/C10H16O5/c1-14-9(15-2)10(8(12)13)5-3-7(11)4-6-10/h9H,3-6H2,1-2H3,(H,12,13). The molecule has 0 aromatic rings. The van der Waals surface area contributed by atoms with Gasteiger partial charge in [0.2, 0.25) is 0 Å². The zero-order valence-corrected chi connectivity index (χ0v) is 8.99. The maximum Gasteiger partial charge on any atom is 0.314 e. The smallest absolute Gasteiger partial charge is 0.314 e. The number of ether oxygens (including phenoxy) is 2. The van der Waals surface area contributed by atoms with E-state index in [4.69, 9.17) is 9.47 Å². The number of hydrogen-bond donors (Lipinski definition) is 1. The van der Waals surface area contributed by atoms with Gasteiger partial charge in [-0.25, -0.2) is 0 Å². The van der Waals surface area contributed by atoms with Crippen LogP contribution >= 0.6 is 0 Å². The summed E-state index contributed by atoms with van der Waals surface area (Å²) in [4.78, 5) is 22.4. The van der Waals surface area contributed by atoms with Gasteiger partial charge in [0.05, 0.1) is 0 Å². The van der Waals surface area contributed by atoms with Gasteiger partial charge in [-0.1, -0.05) is 0 Å². The maximum atomic E-state index is 11.3. The van der Waals surface area contributed by atoms with Gasteiger partial charge in [0.25, 0.3) is 0 Å². The molecule has 1 aliphatic rings. The van der Waals surface area contributed by atoms with E-state index in [1.54, 1.807) is 0 Å².